The third-order valence-corrected chi connectivity index (χ3v) is 12.0. The van der Waals surface area contributed by atoms with E-state index in [-0.39, 0.29) is 46.4 Å². The molecule has 0 aromatic rings. The third kappa shape index (κ3) is 4.87. The van der Waals surface area contributed by atoms with E-state index in [4.69, 9.17) is 29.4 Å². The van der Waals surface area contributed by atoms with Gasteiger partial charge in [0.25, 0.3) is 0 Å². The zero-order chi connectivity index (χ0) is 29.0. The predicted octanol–water partition coefficient (Wildman–Crippen LogP) is 4.28. The van der Waals surface area contributed by atoms with Crippen LogP contribution in [0, 0.1) is 34.5 Å². The summed E-state index contributed by atoms with van der Waals surface area (Å²) in [6, 6.07) is 0. The number of hydrogen-bond acceptors (Lipinski definition) is 9. The monoisotopic (exact) mass is 563 g/mol. The molecule has 5 fully saturated rings. The molecule has 5 aliphatic rings. The Labute approximate surface area is 238 Å². The van der Waals surface area contributed by atoms with Gasteiger partial charge in [0.05, 0.1) is 25.2 Å². The molecular formula is C31H49NO8. The van der Waals surface area contributed by atoms with Crippen LogP contribution in [0.2, 0.25) is 0 Å². The molecule has 1 unspecified atom stereocenters. The zero-order valence-electron chi connectivity index (χ0n) is 25.1. The number of fused-ring (bicyclic) bond motifs is 5. The van der Waals surface area contributed by atoms with Gasteiger partial charge >= 0.3 is 17.9 Å². The van der Waals surface area contributed by atoms with Gasteiger partial charge in [-0.15, -0.1) is 0 Å². The molecule has 12 atom stereocenters. The minimum atomic E-state index is -0.687. The number of nitrogens with two attached hydrogens (primary N) is 1. The van der Waals surface area contributed by atoms with Crippen LogP contribution >= 0.6 is 0 Å². The van der Waals surface area contributed by atoms with Gasteiger partial charge in [-0.25, -0.2) is 0 Å². The standard InChI is InChI=1S/C31H49NO8/c1-17-25(38-18(2)33)16-26(39-19(3)34)28(37-17)40-21-9-12-29(4)20(15-21)7-8-23-22(29)10-13-30(5)24(27(35)36-6)11-14-31(23,30)32/h17,20-26,28H,7-16,32H2,1-6H3/t17-,20+,21-,22-,23+,24+,25+,26+,28?,29-,30+,31-/m0/s1. The second-order valence-electron chi connectivity index (χ2n) is 13.9. The summed E-state index contributed by atoms with van der Waals surface area (Å²) in [5.41, 5.74) is 6.98. The Balaban J connectivity index is 1.27. The molecule has 2 N–H and O–H groups in total. The molecule has 40 heavy (non-hydrogen) atoms. The van der Waals surface area contributed by atoms with Crippen molar-refractivity contribution in [3.05, 3.63) is 0 Å². The van der Waals surface area contributed by atoms with Gasteiger partial charge in [-0.1, -0.05) is 13.8 Å². The van der Waals surface area contributed by atoms with Crippen LogP contribution in [0.25, 0.3) is 0 Å². The smallest absolute Gasteiger partial charge is 0.309 e. The fourth-order valence-electron chi connectivity index (χ4n) is 9.83. The first-order valence-electron chi connectivity index (χ1n) is 15.3. The van der Waals surface area contributed by atoms with Crippen molar-refractivity contribution in [2.45, 2.75) is 135 Å². The molecule has 0 aromatic carbocycles. The maximum atomic E-state index is 12.7. The molecule has 0 aromatic heterocycles. The summed E-state index contributed by atoms with van der Waals surface area (Å²) < 4.78 is 28.9. The average molecular weight is 564 g/mol. The van der Waals surface area contributed by atoms with Gasteiger partial charge in [0.2, 0.25) is 0 Å². The van der Waals surface area contributed by atoms with Crippen LogP contribution < -0.4 is 5.73 Å². The molecule has 1 aliphatic heterocycles. The van der Waals surface area contributed by atoms with Crippen molar-refractivity contribution >= 4 is 17.9 Å². The van der Waals surface area contributed by atoms with Crippen molar-refractivity contribution in [2.75, 3.05) is 7.11 Å². The Hall–Kier alpha value is -1.71. The van der Waals surface area contributed by atoms with Crippen LogP contribution in [0.3, 0.4) is 0 Å². The summed E-state index contributed by atoms with van der Waals surface area (Å²) >= 11 is 0. The molecule has 0 amide bonds. The Morgan fingerprint density at radius 2 is 1.55 bits per heavy atom. The lowest BCUT2D eigenvalue weighted by atomic mass is 9.42. The number of methoxy groups -OCH3 is 1. The Morgan fingerprint density at radius 3 is 2.23 bits per heavy atom. The van der Waals surface area contributed by atoms with E-state index in [1.165, 1.54) is 21.0 Å². The lowest BCUT2D eigenvalue weighted by Gasteiger charge is -2.64. The summed E-state index contributed by atoms with van der Waals surface area (Å²) in [4.78, 5) is 36.1. The largest absolute Gasteiger partial charge is 0.469 e. The van der Waals surface area contributed by atoms with Crippen LogP contribution in [0.5, 0.6) is 0 Å². The van der Waals surface area contributed by atoms with Gasteiger partial charge in [0, 0.05) is 25.8 Å². The lowest BCUT2D eigenvalue weighted by molar-refractivity contribution is -0.288. The molecule has 4 aliphatic carbocycles. The van der Waals surface area contributed by atoms with Crippen molar-refractivity contribution in [3.63, 3.8) is 0 Å². The van der Waals surface area contributed by atoms with Crippen LogP contribution in [0.4, 0.5) is 0 Å². The van der Waals surface area contributed by atoms with E-state index in [1.54, 1.807) is 0 Å². The molecule has 1 saturated heterocycles. The highest BCUT2D eigenvalue weighted by atomic mass is 16.7. The fourth-order valence-corrected chi connectivity index (χ4v) is 9.83. The molecule has 1 heterocycles. The van der Waals surface area contributed by atoms with Gasteiger partial charge in [0.1, 0.15) is 6.10 Å². The van der Waals surface area contributed by atoms with E-state index >= 15 is 0 Å². The summed E-state index contributed by atoms with van der Waals surface area (Å²) in [6.07, 6.45) is 7.05. The highest BCUT2D eigenvalue weighted by Gasteiger charge is 2.67. The Morgan fingerprint density at radius 1 is 0.850 bits per heavy atom. The first-order valence-corrected chi connectivity index (χ1v) is 15.3. The van der Waals surface area contributed by atoms with Gasteiger partial charge < -0.3 is 29.4 Å². The first-order chi connectivity index (χ1) is 18.8. The second-order valence-corrected chi connectivity index (χ2v) is 13.9. The maximum absolute atomic E-state index is 12.7. The summed E-state index contributed by atoms with van der Waals surface area (Å²) in [5, 5.41) is 0. The van der Waals surface area contributed by atoms with E-state index in [1.807, 2.05) is 6.92 Å². The van der Waals surface area contributed by atoms with Gasteiger partial charge in [-0.2, -0.15) is 0 Å². The summed E-state index contributed by atoms with van der Waals surface area (Å²) in [6.45, 7) is 9.31. The number of hydrogen-bond donors (Lipinski definition) is 1. The van der Waals surface area contributed by atoms with Crippen LogP contribution in [-0.4, -0.2) is 61.3 Å². The van der Waals surface area contributed by atoms with Crippen LogP contribution in [-0.2, 0) is 38.1 Å². The molecule has 9 heteroatoms. The molecule has 9 nitrogen and oxygen atoms in total. The zero-order valence-corrected chi connectivity index (χ0v) is 25.1. The molecule has 5 rings (SSSR count). The van der Waals surface area contributed by atoms with E-state index in [0.717, 1.165) is 57.8 Å². The van der Waals surface area contributed by atoms with E-state index < -0.39 is 24.5 Å². The molecule has 0 radical (unpaired) electrons. The van der Waals surface area contributed by atoms with Crippen molar-refractivity contribution in [3.8, 4) is 0 Å². The normalized spacial score (nSPS) is 48.2. The Kier molecular flexibility index (Phi) is 8.07. The van der Waals surface area contributed by atoms with Crippen molar-refractivity contribution in [2.24, 2.45) is 40.2 Å². The molecule has 4 saturated carbocycles. The van der Waals surface area contributed by atoms with E-state index in [9.17, 15) is 14.4 Å². The van der Waals surface area contributed by atoms with Crippen LogP contribution in [0.1, 0.15) is 98.8 Å². The van der Waals surface area contributed by atoms with Crippen molar-refractivity contribution < 1.29 is 38.1 Å². The van der Waals surface area contributed by atoms with Crippen LogP contribution in [0.15, 0.2) is 0 Å². The lowest BCUT2D eigenvalue weighted by Crippen LogP contribution is -2.66. The number of rotatable bonds is 5. The van der Waals surface area contributed by atoms with Gasteiger partial charge in [0.15, 0.2) is 12.4 Å². The fraction of sp³-hybridized carbons (Fsp3) is 0.903. The minimum absolute atomic E-state index is 0.00559. The number of carbonyl (C=O) groups is 3. The number of esters is 3. The van der Waals surface area contributed by atoms with Crippen molar-refractivity contribution in [1.82, 2.24) is 0 Å². The second kappa shape index (κ2) is 10.8. The van der Waals surface area contributed by atoms with Gasteiger partial charge in [-0.3, -0.25) is 14.4 Å². The molecule has 226 valence electrons. The molecule has 0 bridgehead atoms. The minimum Gasteiger partial charge on any atom is -0.469 e. The van der Waals surface area contributed by atoms with Gasteiger partial charge in [-0.05, 0) is 93.3 Å². The number of ether oxygens (including phenoxy) is 5. The quantitative estimate of drug-likeness (QED) is 0.296. The topological polar surface area (TPSA) is 123 Å². The number of carbonyl (C=O) groups excluding carboxylic acids is 3. The highest BCUT2D eigenvalue weighted by Crippen LogP contribution is 2.68. The molecule has 0 spiro atoms. The van der Waals surface area contributed by atoms with E-state index in [0.29, 0.717) is 24.2 Å². The average Bonchev–Trinajstić information content (AvgIpc) is 3.17. The molecular weight excluding hydrogens is 514 g/mol. The highest BCUT2D eigenvalue weighted by molar-refractivity contribution is 5.74. The van der Waals surface area contributed by atoms with Crippen molar-refractivity contribution in [1.29, 1.82) is 0 Å². The first kappa shape index (κ1) is 29.8. The SMILES string of the molecule is COC(=O)[C@H]1CC[C@]2(N)[C@@H]3CC[C@@H]4C[C@@H](OC5O[C@@H](C)[C@H](OC(C)=O)C[C@H]5OC(C)=O)CC[C@]4(C)[C@H]3CC[C@]12C. The maximum Gasteiger partial charge on any atom is 0.309 e. The third-order valence-electron chi connectivity index (χ3n) is 12.0. The summed E-state index contributed by atoms with van der Waals surface area (Å²) in [5.74, 6) is 0.455. The Bertz CT molecular complexity index is 1000. The predicted molar refractivity (Wildman–Crippen MR) is 146 cm³/mol. The summed E-state index contributed by atoms with van der Waals surface area (Å²) in [7, 11) is 1.49. The van der Waals surface area contributed by atoms with E-state index in [2.05, 4.69) is 13.8 Å².